The van der Waals surface area contributed by atoms with Crippen LogP contribution in [0.3, 0.4) is 0 Å². The van der Waals surface area contributed by atoms with Gasteiger partial charge in [-0.3, -0.25) is 0 Å². The first-order valence-electron chi connectivity index (χ1n) is 6.63. The number of methoxy groups -OCH3 is 1. The van der Waals surface area contributed by atoms with Gasteiger partial charge in [0.2, 0.25) is 0 Å². The third kappa shape index (κ3) is 2.81. The van der Waals surface area contributed by atoms with E-state index in [9.17, 15) is 9.59 Å². The van der Waals surface area contributed by atoms with Crippen LogP contribution in [0, 0.1) is 6.92 Å². The molecule has 0 unspecified atom stereocenters. The number of hydrogen-bond donors (Lipinski definition) is 1. The Morgan fingerprint density at radius 3 is 2.38 bits per heavy atom. The van der Waals surface area contributed by atoms with Gasteiger partial charge in [-0.1, -0.05) is 30.3 Å². The summed E-state index contributed by atoms with van der Waals surface area (Å²) in [6.45, 7) is 3.70. The maximum absolute atomic E-state index is 12.2. The van der Waals surface area contributed by atoms with Gasteiger partial charge < -0.3 is 14.5 Å². The summed E-state index contributed by atoms with van der Waals surface area (Å²) in [6.07, 6.45) is 0. The summed E-state index contributed by atoms with van der Waals surface area (Å²) in [6, 6.07) is 9.31. The van der Waals surface area contributed by atoms with Crippen LogP contribution in [-0.2, 0) is 9.47 Å². The first-order valence-corrected chi connectivity index (χ1v) is 6.63. The Kier molecular flexibility index (Phi) is 4.42. The maximum Gasteiger partial charge on any atom is 0.354 e. The van der Waals surface area contributed by atoms with E-state index in [1.165, 1.54) is 7.11 Å². The summed E-state index contributed by atoms with van der Waals surface area (Å²) in [7, 11) is 1.30. The maximum atomic E-state index is 12.2. The molecule has 110 valence electrons. The van der Waals surface area contributed by atoms with E-state index < -0.39 is 11.9 Å². The van der Waals surface area contributed by atoms with Crippen LogP contribution in [0.4, 0.5) is 0 Å². The Hall–Kier alpha value is -2.56. The summed E-state index contributed by atoms with van der Waals surface area (Å²) >= 11 is 0. The fraction of sp³-hybridized carbons (Fsp3) is 0.250. The van der Waals surface area contributed by atoms with Crippen LogP contribution in [0.25, 0.3) is 11.3 Å². The molecule has 5 nitrogen and oxygen atoms in total. The van der Waals surface area contributed by atoms with Gasteiger partial charge in [0.05, 0.1) is 25.0 Å². The fourth-order valence-corrected chi connectivity index (χ4v) is 2.18. The second kappa shape index (κ2) is 6.26. The third-order valence-corrected chi connectivity index (χ3v) is 3.18. The molecule has 0 atom stereocenters. The number of carbonyl (C=O) groups is 2. The molecule has 21 heavy (non-hydrogen) atoms. The van der Waals surface area contributed by atoms with Gasteiger partial charge in [-0.05, 0) is 25.0 Å². The average molecular weight is 287 g/mol. The number of H-pyrrole nitrogens is 1. The number of nitrogens with one attached hydrogen (secondary N) is 1. The highest BCUT2D eigenvalue weighted by Crippen LogP contribution is 2.29. The SMILES string of the molecule is CCOC(=O)c1c(-c2ccccc2)[nH]c(C(=O)OC)c1C. The van der Waals surface area contributed by atoms with Crippen molar-refractivity contribution in [3.63, 3.8) is 0 Å². The highest BCUT2D eigenvalue weighted by atomic mass is 16.5. The van der Waals surface area contributed by atoms with Crippen LogP contribution in [-0.4, -0.2) is 30.6 Å². The molecule has 1 heterocycles. The molecule has 0 saturated carbocycles. The number of ether oxygens (including phenoxy) is 2. The Balaban J connectivity index is 2.62. The van der Waals surface area contributed by atoms with Crippen LogP contribution < -0.4 is 0 Å². The largest absolute Gasteiger partial charge is 0.464 e. The van der Waals surface area contributed by atoms with Gasteiger partial charge in [0.15, 0.2) is 0 Å². The van der Waals surface area contributed by atoms with Gasteiger partial charge in [0.1, 0.15) is 5.69 Å². The Bertz CT molecular complexity index is 658. The average Bonchev–Trinajstić information content (AvgIpc) is 2.85. The lowest BCUT2D eigenvalue weighted by Gasteiger charge is -2.05. The van der Waals surface area contributed by atoms with Crippen LogP contribution in [0.1, 0.15) is 33.3 Å². The molecule has 1 aromatic heterocycles. The zero-order valence-corrected chi connectivity index (χ0v) is 12.2. The number of aromatic nitrogens is 1. The highest BCUT2D eigenvalue weighted by Gasteiger charge is 2.25. The highest BCUT2D eigenvalue weighted by molar-refractivity contribution is 6.03. The summed E-state index contributed by atoms with van der Waals surface area (Å²) in [5, 5.41) is 0. The van der Waals surface area contributed by atoms with Gasteiger partial charge in [-0.15, -0.1) is 0 Å². The predicted octanol–water partition coefficient (Wildman–Crippen LogP) is 2.95. The minimum atomic E-state index is -0.514. The molecule has 0 aliphatic heterocycles. The van der Waals surface area contributed by atoms with Crippen molar-refractivity contribution in [3.05, 3.63) is 47.2 Å². The van der Waals surface area contributed by atoms with Crippen molar-refractivity contribution >= 4 is 11.9 Å². The van der Waals surface area contributed by atoms with E-state index in [4.69, 9.17) is 9.47 Å². The number of carbonyl (C=O) groups excluding carboxylic acids is 2. The van der Waals surface area contributed by atoms with Crippen molar-refractivity contribution in [2.45, 2.75) is 13.8 Å². The van der Waals surface area contributed by atoms with Crippen molar-refractivity contribution in [1.82, 2.24) is 4.98 Å². The lowest BCUT2D eigenvalue weighted by atomic mass is 10.0. The molecule has 1 N–H and O–H groups in total. The van der Waals surface area contributed by atoms with Crippen LogP contribution in [0.2, 0.25) is 0 Å². The van der Waals surface area contributed by atoms with Crippen LogP contribution in [0.15, 0.2) is 30.3 Å². The van der Waals surface area contributed by atoms with Crippen molar-refractivity contribution in [2.24, 2.45) is 0 Å². The van der Waals surface area contributed by atoms with E-state index in [1.54, 1.807) is 13.8 Å². The molecule has 0 spiro atoms. The van der Waals surface area contributed by atoms with Crippen molar-refractivity contribution in [2.75, 3.05) is 13.7 Å². The number of aromatic amines is 1. The Morgan fingerprint density at radius 1 is 1.14 bits per heavy atom. The summed E-state index contributed by atoms with van der Waals surface area (Å²) in [5.41, 5.74) is 2.52. The number of benzene rings is 1. The van der Waals surface area contributed by atoms with E-state index in [1.807, 2.05) is 30.3 Å². The van der Waals surface area contributed by atoms with Gasteiger partial charge in [0.25, 0.3) is 0 Å². The van der Waals surface area contributed by atoms with E-state index in [-0.39, 0.29) is 12.3 Å². The molecular formula is C16H17NO4. The monoisotopic (exact) mass is 287 g/mol. The van der Waals surface area contributed by atoms with Crippen LogP contribution >= 0.6 is 0 Å². The van der Waals surface area contributed by atoms with E-state index in [2.05, 4.69) is 4.98 Å². The van der Waals surface area contributed by atoms with Crippen molar-refractivity contribution < 1.29 is 19.1 Å². The van der Waals surface area contributed by atoms with Gasteiger partial charge in [-0.25, -0.2) is 9.59 Å². The topological polar surface area (TPSA) is 68.4 Å². The Labute approximate surface area is 122 Å². The van der Waals surface area contributed by atoms with Crippen molar-refractivity contribution in [1.29, 1.82) is 0 Å². The summed E-state index contributed by atoms with van der Waals surface area (Å²) in [5.74, 6) is -0.972. The lowest BCUT2D eigenvalue weighted by Crippen LogP contribution is -2.08. The minimum Gasteiger partial charge on any atom is -0.464 e. The second-order valence-corrected chi connectivity index (χ2v) is 4.45. The molecular weight excluding hydrogens is 270 g/mol. The molecule has 1 aromatic carbocycles. The van der Waals surface area contributed by atoms with Gasteiger partial charge >= 0.3 is 11.9 Å². The van der Waals surface area contributed by atoms with Crippen LogP contribution in [0.5, 0.6) is 0 Å². The molecule has 0 amide bonds. The first-order chi connectivity index (χ1) is 10.1. The molecule has 0 aliphatic rings. The normalized spacial score (nSPS) is 10.2. The zero-order valence-electron chi connectivity index (χ0n) is 12.2. The number of esters is 2. The first kappa shape index (κ1) is 14.8. The molecule has 0 fully saturated rings. The van der Waals surface area contributed by atoms with Crippen molar-refractivity contribution in [3.8, 4) is 11.3 Å². The lowest BCUT2D eigenvalue weighted by molar-refractivity contribution is 0.0526. The van der Waals surface area contributed by atoms with Gasteiger partial charge in [-0.2, -0.15) is 0 Å². The molecule has 5 heteroatoms. The second-order valence-electron chi connectivity index (χ2n) is 4.45. The summed E-state index contributed by atoms with van der Waals surface area (Å²) in [4.78, 5) is 27.0. The number of hydrogen-bond acceptors (Lipinski definition) is 4. The van der Waals surface area contributed by atoms with Gasteiger partial charge in [0, 0.05) is 0 Å². The molecule has 2 aromatic rings. The molecule has 2 rings (SSSR count). The molecule has 0 aliphatic carbocycles. The third-order valence-electron chi connectivity index (χ3n) is 3.18. The molecule has 0 bridgehead atoms. The smallest absolute Gasteiger partial charge is 0.354 e. The number of rotatable bonds is 4. The Morgan fingerprint density at radius 2 is 1.81 bits per heavy atom. The van der Waals surface area contributed by atoms with E-state index >= 15 is 0 Å². The van der Waals surface area contributed by atoms with E-state index in [0.29, 0.717) is 16.8 Å². The minimum absolute atomic E-state index is 0.263. The molecule has 0 saturated heterocycles. The fourth-order valence-electron chi connectivity index (χ4n) is 2.18. The van der Waals surface area contributed by atoms with E-state index in [0.717, 1.165) is 5.56 Å². The summed E-state index contributed by atoms with van der Waals surface area (Å²) < 4.78 is 9.83. The quantitative estimate of drug-likeness (QED) is 0.878. The zero-order chi connectivity index (χ0) is 15.4. The molecule has 0 radical (unpaired) electrons. The standard InChI is InChI=1S/C16H17NO4/c1-4-21-15(18)12-10(2)13(16(19)20-3)17-14(12)11-8-6-5-7-9-11/h5-9,17H,4H2,1-3H3. The predicted molar refractivity (Wildman–Crippen MR) is 78.3 cm³/mol.